The van der Waals surface area contributed by atoms with E-state index in [0.717, 1.165) is 15.9 Å². The minimum atomic E-state index is -1.14. The number of benzene rings is 1. The highest BCUT2D eigenvalue weighted by Crippen LogP contribution is 2.21. The summed E-state index contributed by atoms with van der Waals surface area (Å²) < 4.78 is 2.33. The van der Waals surface area contributed by atoms with Crippen molar-refractivity contribution < 1.29 is 9.90 Å². The molecule has 0 amide bonds. The van der Waals surface area contributed by atoms with E-state index in [0.29, 0.717) is 16.0 Å². The van der Waals surface area contributed by atoms with Crippen LogP contribution in [0.2, 0.25) is 0 Å². The molecule has 0 spiro atoms. The number of carboxylic acids is 1. The van der Waals surface area contributed by atoms with Gasteiger partial charge in [-0.3, -0.25) is 13.9 Å². The van der Waals surface area contributed by atoms with E-state index in [1.807, 2.05) is 6.07 Å². The molecule has 0 saturated carbocycles. The van der Waals surface area contributed by atoms with Crippen LogP contribution in [0.1, 0.15) is 20.8 Å². The average Bonchev–Trinajstić information content (AvgIpc) is 3.03. The predicted octanol–water partition coefficient (Wildman–Crippen LogP) is 1.38. The Balaban J connectivity index is 2.17. The molecule has 0 radical (unpaired) electrons. The van der Waals surface area contributed by atoms with Gasteiger partial charge in [-0.25, -0.2) is 9.59 Å². The van der Waals surface area contributed by atoms with Crippen LogP contribution in [-0.2, 0) is 13.6 Å². The predicted molar refractivity (Wildman–Crippen MR) is 88.5 cm³/mol. The number of fused-ring (bicyclic) bond motifs is 1. The SMILES string of the molecule is Cn1c(=O)n(Cc2ccc(C#N)cc2)c(=O)c2cc(C(=O)O)sc21. The molecule has 0 aliphatic rings. The van der Waals surface area contributed by atoms with Gasteiger partial charge < -0.3 is 5.11 Å². The lowest BCUT2D eigenvalue weighted by Gasteiger charge is -2.08. The number of nitrogens with zero attached hydrogens (tertiary/aromatic N) is 3. The maximum atomic E-state index is 12.6. The minimum absolute atomic E-state index is 0.00761. The Morgan fingerprint density at radius 2 is 1.96 bits per heavy atom. The van der Waals surface area contributed by atoms with Crippen molar-refractivity contribution in [3.05, 3.63) is 67.2 Å². The van der Waals surface area contributed by atoms with E-state index in [2.05, 4.69) is 0 Å². The van der Waals surface area contributed by atoms with Gasteiger partial charge in [0.2, 0.25) is 0 Å². The van der Waals surface area contributed by atoms with E-state index < -0.39 is 17.2 Å². The van der Waals surface area contributed by atoms with E-state index in [-0.39, 0.29) is 16.8 Å². The molecule has 8 heteroatoms. The Bertz CT molecular complexity index is 1110. The number of thiophene rings is 1. The summed E-state index contributed by atoms with van der Waals surface area (Å²) in [5.41, 5.74) is 0.136. The number of aryl methyl sites for hydroxylation is 1. The molecule has 3 aromatic rings. The number of hydrogen-bond acceptors (Lipinski definition) is 5. The lowest BCUT2D eigenvalue weighted by molar-refractivity contribution is 0.0702. The highest BCUT2D eigenvalue weighted by molar-refractivity contribution is 7.20. The van der Waals surface area contributed by atoms with Gasteiger partial charge in [0, 0.05) is 7.05 Å². The fourth-order valence-electron chi connectivity index (χ4n) is 2.40. The van der Waals surface area contributed by atoms with Gasteiger partial charge in [0.1, 0.15) is 9.71 Å². The number of hydrogen-bond donors (Lipinski definition) is 1. The summed E-state index contributed by atoms with van der Waals surface area (Å²) in [5.74, 6) is -1.14. The van der Waals surface area contributed by atoms with Crippen molar-refractivity contribution in [1.82, 2.24) is 9.13 Å². The van der Waals surface area contributed by atoms with Gasteiger partial charge in [-0.15, -0.1) is 11.3 Å². The highest BCUT2D eigenvalue weighted by Gasteiger charge is 2.17. The summed E-state index contributed by atoms with van der Waals surface area (Å²) >= 11 is 0.894. The van der Waals surface area contributed by atoms with Crippen molar-refractivity contribution in [2.75, 3.05) is 0 Å². The van der Waals surface area contributed by atoms with Crippen LogP contribution in [-0.4, -0.2) is 20.2 Å². The maximum absolute atomic E-state index is 12.6. The minimum Gasteiger partial charge on any atom is -0.477 e. The Morgan fingerprint density at radius 1 is 1.29 bits per heavy atom. The van der Waals surface area contributed by atoms with Crippen molar-refractivity contribution >= 4 is 27.5 Å². The van der Waals surface area contributed by atoms with Crippen LogP contribution in [0.15, 0.2) is 39.9 Å². The Kier molecular flexibility index (Phi) is 3.79. The largest absolute Gasteiger partial charge is 0.477 e. The topological polar surface area (TPSA) is 105 Å². The number of carboxylic acid groups (broad SMARTS) is 1. The van der Waals surface area contributed by atoms with Crippen molar-refractivity contribution in [3.8, 4) is 6.07 Å². The van der Waals surface area contributed by atoms with E-state index in [4.69, 9.17) is 10.4 Å². The van der Waals surface area contributed by atoms with Crippen LogP contribution >= 0.6 is 11.3 Å². The standard InChI is InChI=1S/C16H11N3O4S/c1-18-14-11(6-12(24-14)15(21)22)13(20)19(16(18)23)8-10-4-2-9(7-17)3-5-10/h2-6H,8H2,1H3,(H,21,22). The van der Waals surface area contributed by atoms with Crippen LogP contribution in [0, 0.1) is 11.3 Å². The molecule has 2 aromatic heterocycles. The molecule has 3 rings (SSSR count). The van der Waals surface area contributed by atoms with Gasteiger partial charge >= 0.3 is 11.7 Å². The lowest BCUT2D eigenvalue weighted by atomic mass is 10.1. The second-order valence-electron chi connectivity index (χ2n) is 5.18. The molecular formula is C16H11N3O4S. The quantitative estimate of drug-likeness (QED) is 0.775. The third-order valence-electron chi connectivity index (χ3n) is 3.65. The van der Waals surface area contributed by atoms with Crippen LogP contribution in [0.4, 0.5) is 0 Å². The molecule has 0 fully saturated rings. The molecule has 24 heavy (non-hydrogen) atoms. The fourth-order valence-corrected chi connectivity index (χ4v) is 3.34. The first kappa shape index (κ1) is 15.7. The zero-order valence-corrected chi connectivity index (χ0v) is 13.3. The van der Waals surface area contributed by atoms with E-state index in [1.165, 1.54) is 17.7 Å². The van der Waals surface area contributed by atoms with E-state index in [9.17, 15) is 14.4 Å². The van der Waals surface area contributed by atoms with E-state index >= 15 is 0 Å². The summed E-state index contributed by atoms with van der Waals surface area (Å²) in [5, 5.41) is 18.1. The van der Waals surface area contributed by atoms with Gasteiger partial charge in [-0.2, -0.15) is 5.26 Å². The Labute approximate surface area is 139 Å². The zero-order chi connectivity index (χ0) is 17.4. The molecule has 0 aliphatic heterocycles. The number of aromatic carboxylic acids is 1. The fraction of sp³-hybridized carbons (Fsp3) is 0.125. The molecular weight excluding hydrogens is 330 g/mol. The van der Waals surface area contributed by atoms with Gasteiger partial charge in [-0.1, -0.05) is 12.1 Å². The van der Waals surface area contributed by atoms with Gasteiger partial charge in [0.25, 0.3) is 5.56 Å². The third kappa shape index (κ3) is 2.51. The molecule has 0 unspecified atom stereocenters. The van der Waals surface area contributed by atoms with Crippen LogP contribution in [0.5, 0.6) is 0 Å². The summed E-state index contributed by atoms with van der Waals surface area (Å²) in [6, 6.07) is 9.85. The van der Waals surface area contributed by atoms with Crippen molar-refractivity contribution in [3.63, 3.8) is 0 Å². The second-order valence-corrected chi connectivity index (χ2v) is 6.21. The van der Waals surface area contributed by atoms with Crippen LogP contribution in [0.25, 0.3) is 10.2 Å². The smallest absolute Gasteiger partial charge is 0.345 e. The van der Waals surface area contributed by atoms with Crippen molar-refractivity contribution in [1.29, 1.82) is 5.26 Å². The first-order chi connectivity index (χ1) is 11.4. The van der Waals surface area contributed by atoms with Gasteiger partial charge in [0.15, 0.2) is 0 Å². The van der Waals surface area contributed by atoms with Crippen molar-refractivity contribution in [2.24, 2.45) is 7.05 Å². The monoisotopic (exact) mass is 341 g/mol. The normalized spacial score (nSPS) is 10.7. The molecule has 120 valence electrons. The first-order valence-electron chi connectivity index (χ1n) is 6.88. The Morgan fingerprint density at radius 3 is 2.54 bits per heavy atom. The molecule has 0 saturated heterocycles. The summed E-state index contributed by atoms with van der Waals surface area (Å²) in [4.78, 5) is 36.5. The van der Waals surface area contributed by atoms with Gasteiger partial charge in [-0.05, 0) is 23.8 Å². The molecule has 1 aromatic carbocycles. The number of aromatic nitrogens is 2. The van der Waals surface area contributed by atoms with Crippen LogP contribution < -0.4 is 11.2 Å². The van der Waals surface area contributed by atoms with Crippen molar-refractivity contribution in [2.45, 2.75) is 6.54 Å². The molecule has 0 bridgehead atoms. The molecule has 0 aliphatic carbocycles. The number of rotatable bonds is 3. The number of carbonyl (C=O) groups is 1. The summed E-state index contributed by atoms with van der Waals surface area (Å²) in [6.45, 7) is 0.0470. The van der Waals surface area contributed by atoms with Crippen LogP contribution in [0.3, 0.4) is 0 Å². The lowest BCUT2D eigenvalue weighted by Crippen LogP contribution is -2.38. The van der Waals surface area contributed by atoms with Gasteiger partial charge in [0.05, 0.1) is 23.6 Å². The molecule has 7 nitrogen and oxygen atoms in total. The molecule has 1 N–H and O–H groups in total. The zero-order valence-electron chi connectivity index (χ0n) is 12.5. The highest BCUT2D eigenvalue weighted by atomic mass is 32.1. The Hall–Kier alpha value is -3.18. The molecule has 0 atom stereocenters. The second kappa shape index (κ2) is 5.79. The summed E-state index contributed by atoms with van der Waals surface area (Å²) in [6.07, 6.45) is 0. The maximum Gasteiger partial charge on any atom is 0.345 e. The summed E-state index contributed by atoms with van der Waals surface area (Å²) in [7, 11) is 1.50. The first-order valence-corrected chi connectivity index (χ1v) is 7.69. The molecule has 2 heterocycles. The average molecular weight is 341 g/mol. The third-order valence-corrected chi connectivity index (χ3v) is 4.84. The number of nitriles is 1. The van der Waals surface area contributed by atoms with E-state index in [1.54, 1.807) is 24.3 Å².